The molecule has 0 aliphatic carbocycles. The van der Waals surface area contributed by atoms with Crippen molar-refractivity contribution >= 4 is 32.8 Å². The van der Waals surface area contributed by atoms with Crippen molar-refractivity contribution in [2.24, 2.45) is 0 Å². The van der Waals surface area contributed by atoms with Gasteiger partial charge in [-0.3, -0.25) is 4.57 Å². The van der Waals surface area contributed by atoms with Crippen LogP contribution in [0.1, 0.15) is 28.9 Å². The molecule has 7 aromatic carbocycles. The Morgan fingerprint density at radius 3 is 2.12 bits per heavy atom. The Morgan fingerprint density at radius 2 is 1.38 bits per heavy atom. The summed E-state index contributed by atoms with van der Waals surface area (Å²) in [4.78, 5) is 4.62. The van der Waals surface area contributed by atoms with Crippen LogP contribution in [0.4, 0.5) is 0 Å². The average molecular weight is 914 g/mol. The van der Waals surface area contributed by atoms with E-state index < -0.39 is 66.8 Å². The number of nitrogens with zero attached hydrogens (tertiary/aromatic N) is 4. The molecule has 0 spiro atoms. The molecule has 0 amide bonds. The maximum Gasteiger partial charge on any atom is 0.268 e. The molecule has 0 fully saturated rings. The molecule has 3 heterocycles. The van der Waals surface area contributed by atoms with Crippen molar-refractivity contribution in [3.63, 3.8) is 0 Å². The van der Waals surface area contributed by atoms with Crippen molar-refractivity contribution in [2.45, 2.75) is 13.3 Å². The van der Waals surface area contributed by atoms with E-state index in [-0.39, 0.29) is 49.0 Å². The first-order valence-corrected chi connectivity index (χ1v) is 17.4. The van der Waals surface area contributed by atoms with Gasteiger partial charge in [0.15, 0.2) is 0 Å². The molecular formula is C50H34N4OPt-2. The first kappa shape index (κ1) is 24.1. The zero-order valence-corrected chi connectivity index (χ0v) is 31.8. The Kier molecular flexibility index (Phi) is 6.42. The standard InChI is InChI=1S/C50H34N4O.Pt/c1-2-35-29-30-51-49(31-35)54-45-24-10-9-21-43(45)44-28-27-40(33-48(44)54)55-39-20-13-19-38(32-39)52-34-53(47-26-12-11-25-46(47)52)50-41(36-15-5-3-6-16-36)22-14-23-42(50)37-17-7-4-8-18-37;/h3-31H,2H2,1H3;/q-2;/i2D2,3D,4D,5D,6D,7D,8D,15D,16D,17D,18D;. The van der Waals surface area contributed by atoms with Crippen LogP contribution in [-0.4, -0.2) is 14.1 Å². The number of aryl methyl sites for hydroxylation is 1. The number of pyridine rings is 1. The van der Waals surface area contributed by atoms with E-state index in [0.29, 0.717) is 45.1 Å². The summed E-state index contributed by atoms with van der Waals surface area (Å²) in [6.07, 6.45) is 3.36. The summed E-state index contributed by atoms with van der Waals surface area (Å²) < 4.78 is 115. The number of imidazole rings is 1. The van der Waals surface area contributed by atoms with Crippen LogP contribution in [0.2, 0.25) is 0 Å². The summed E-state index contributed by atoms with van der Waals surface area (Å²) in [7, 11) is 0. The van der Waals surface area contributed by atoms with Gasteiger partial charge in [0.25, 0.3) is 6.33 Å². The summed E-state index contributed by atoms with van der Waals surface area (Å²) in [5.41, 5.74) is 3.64. The molecule has 0 aliphatic rings. The summed E-state index contributed by atoms with van der Waals surface area (Å²) in [5.74, 6) is 1.19. The predicted molar refractivity (Wildman–Crippen MR) is 220 cm³/mol. The maximum absolute atomic E-state index is 8.97. The molecule has 0 saturated heterocycles. The largest absolute Gasteiger partial charge is 0.510 e. The second-order valence-corrected chi connectivity index (χ2v) is 12.6. The molecule has 0 N–H and O–H groups in total. The van der Waals surface area contributed by atoms with Gasteiger partial charge in [-0.15, -0.1) is 29.7 Å². The second-order valence-electron chi connectivity index (χ2n) is 12.6. The van der Waals surface area contributed by atoms with Crippen LogP contribution in [0.25, 0.3) is 72.3 Å². The SMILES string of the molecule is [2H]c1c([2H])c([2H])c(-c2cccc(-c3c([2H])c([2H])c([2H])c([2H])c3[2H])c2-[n+]2[c-]n(-c3[c-]c(Oc4[c-]c5c(cc4)c4ccccc4n5-c4cc(C([2H])([2H])C)ccn4)ccc3)c3ccccc32)c([2H])c1[2H].[Pt]. The average Bonchev–Trinajstić information content (AvgIpc) is 3.87. The van der Waals surface area contributed by atoms with E-state index in [2.05, 4.69) is 23.4 Å². The van der Waals surface area contributed by atoms with Crippen molar-refractivity contribution in [3.05, 3.63) is 200 Å². The Bertz CT molecular complexity index is 3550. The third kappa shape index (κ3) is 6.20. The van der Waals surface area contributed by atoms with Crippen LogP contribution >= 0.6 is 0 Å². The molecule has 56 heavy (non-hydrogen) atoms. The summed E-state index contributed by atoms with van der Waals surface area (Å²) in [5, 5.41) is 1.84. The van der Waals surface area contributed by atoms with E-state index in [0.717, 1.165) is 16.3 Å². The molecule has 0 unspecified atom stereocenters. The van der Waals surface area contributed by atoms with Crippen LogP contribution in [-0.2, 0) is 27.4 Å². The van der Waals surface area contributed by atoms with E-state index in [9.17, 15) is 0 Å². The van der Waals surface area contributed by atoms with Gasteiger partial charge in [-0.2, -0.15) is 18.2 Å². The molecule has 10 rings (SSSR count). The summed E-state index contributed by atoms with van der Waals surface area (Å²) >= 11 is 0. The minimum atomic E-state index is -1.60. The molecule has 0 saturated carbocycles. The van der Waals surface area contributed by atoms with Gasteiger partial charge in [0.2, 0.25) is 0 Å². The van der Waals surface area contributed by atoms with Crippen LogP contribution in [0, 0.1) is 18.5 Å². The number of para-hydroxylation sites is 4. The monoisotopic (exact) mass is 913 g/mol. The van der Waals surface area contributed by atoms with Gasteiger partial charge >= 0.3 is 0 Å². The predicted octanol–water partition coefficient (Wildman–Crippen LogP) is 11.5. The van der Waals surface area contributed by atoms with Crippen molar-refractivity contribution in [2.75, 3.05) is 0 Å². The molecule has 0 atom stereocenters. The second kappa shape index (κ2) is 14.9. The molecule has 10 aromatic rings. The maximum atomic E-state index is 8.97. The van der Waals surface area contributed by atoms with Gasteiger partial charge in [0.05, 0.1) is 30.4 Å². The number of hydrogen-bond donors (Lipinski definition) is 0. The van der Waals surface area contributed by atoms with E-state index in [4.69, 9.17) is 21.2 Å². The van der Waals surface area contributed by atoms with Gasteiger partial charge in [-0.05, 0) is 63.5 Å². The fraction of sp³-hybridized carbons (Fsp3) is 0.0400. The fourth-order valence-corrected chi connectivity index (χ4v) is 6.97. The van der Waals surface area contributed by atoms with E-state index in [1.54, 1.807) is 82.1 Å². The first-order chi connectivity index (χ1) is 32.0. The zero-order chi connectivity index (χ0) is 47.2. The van der Waals surface area contributed by atoms with Crippen molar-refractivity contribution in [1.29, 1.82) is 0 Å². The van der Waals surface area contributed by atoms with Crippen molar-refractivity contribution < 1.29 is 46.8 Å². The quantitative estimate of drug-likeness (QED) is 0.112. The number of rotatable bonds is 8. The van der Waals surface area contributed by atoms with Crippen LogP contribution in [0.3, 0.4) is 0 Å². The number of fused-ring (bicyclic) bond motifs is 4. The van der Waals surface area contributed by atoms with Crippen molar-refractivity contribution in [3.8, 4) is 50.9 Å². The Morgan fingerprint density at radius 1 is 0.696 bits per heavy atom. The molecule has 0 radical (unpaired) electrons. The van der Waals surface area contributed by atoms with E-state index in [1.807, 2.05) is 47.0 Å². The molecular weight excluding hydrogens is 868 g/mol. The normalized spacial score (nSPS) is 14.5. The third-order valence-corrected chi connectivity index (χ3v) is 9.40. The number of benzene rings is 7. The fourth-order valence-electron chi connectivity index (χ4n) is 6.97. The first-order valence-electron chi connectivity index (χ1n) is 23.4. The minimum absolute atomic E-state index is 0. The molecule has 0 bridgehead atoms. The molecule has 272 valence electrons. The smallest absolute Gasteiger partial charge is 0.268 e. The number of hydrogen-bond acceptors (Lipinski definition) is 2. The summed E-state index contributed by atoms with van der Waals surface area (Å²) in [6.45, 7) is 1.50. The topological polar surface area (TPSA) is 35.9 Å². The van der Waals surface area contributed by atoms with Crippen molar-refractivity contribution in [1.82, 2.24) is 14.1 Å². The van der Waals surface area contributed by atoms with Gasteiger partial charge in [0, 0.05) is 47.0 Å². The van der Waals surface area contributed by atoms with Gasteiger partial charge < -0.3 is 13.9 Å². The molecule has 3 aromatic heterocycles. The summed E-state index contributed by atoms with van der Waals surface area (Å²) in [6, 6.07) is 33.5. The molecule has 6 heteroatoms. The van der Waals surface area contributed by atoms with Crippen LogP contribution in [0.5, 0.6) is 11.5 Å². The Balaban J connectivity index is 0.00000578. The zero-order valence-electron chi connectivity index (χ0n) is 41.5. The Labute approximate surface area is 356 Å². The van der Waals surface area contributed by atoms with E-state index >= 15 is 0 Å². The van der Waals surface area contributed by atoms with Crippen LogP contribution in [0.15, 0.2) is 176 Å². The number of ether oxygens (including phenoxy) is 1. The van der Waals surface area contributed by atoms with Gasteiger partial charge in [0.1, 0.15) is 5.82 Å². The number of aromatic nitrogens is 4. The van der Waals surface area contributed by atoms with E-state index in [1.165, 1.54) is 6.92 Å². The van der Waals surface area contributed by atoms with Gasteiger partial charge in [-0.25, -0.2) is 4.98 Å². The van der Waals surface area contributed by atoms with Gasteiger partial charge in [-0.1, -0.05) is 134 Å². The Hall–Kier alpha value is -6.55. The molecule has 5 nitrogen and oxygen atoms in total. The minimum Gasteiger partial charge on any atom is -0.510 e. The third-order valence-electron chi connectivity index (χ3n) is 9.40. The molecule has 0 aliphatic heterocycles. The van der Waals surface area contributed by atoms with Crippen LogP contribution < -0.4 is 9.30 Å².